The summed E-state index contributed by atoms with van der Waals surface area (Å²) in [7, 11) is 0. The molecule has 4 nitrogen and oxygen atoms in total. The molecule has 0 atom stereocenters. The third-order valence-corrected chi connectivity index (χ3v) is 4.53. The third-order valence-electron chi connectivity index (χ3n) is 4.53. The number of amides is 1. The first kappa shape index (κ1) is 17.4. The lowest BCUT2D eigenvalue weighted by Gasteiger charge is -2.34. The van der Waals surface area contributed by atoms with Gasteiger partial charge in [0.1, 0.15) is 18.2 Å². The molecule has 0 aromatic heterocycles. The molecule has 1 aliphatic heterocycles. The molecule has 132 valence electrons. The second kappa shape index (κ2) is 8.12. The van der Waals surface area contributed by atoms with Gasteiger partial charge in [0.25, 0.3) is 5.91 Å². The minimum Gasteiger partial charge on any atom is -0.488 e. The topological polar surface area (TPSA) is 32.8 Å². The van der Waals surface area contributed by atoms with Gasteiger partial charge < -0.3 is 14.5 Å². The van der Waals surface area contributed by atoms with Crippen LogP contribution in [0.2, 0.25) is 0 Å². The lowest BCUT2D eigenvalue weighted by atomic mass is 10.1. The van der Waals surface area contributed by atoms with E-state index in [1.165, 1.54) is 12.1 Å². The molecule has 5 heteroatoms. The fourth-order valence-corrected chi connectivity index (χ4v) is 2.95. The summed E-state index contributed by atoms with van der Waals surface area (Å²) in [6.07, 6.45) is 0. The molecule has 0 unspecified atom stereocenters. The monoisotopic (exact) mass is 342 g/mol. The van der Waals surface area contributed by atoms with Crippen LogP contribution in [0.15, 0.2) is 48.5 Å². The quantitative estimate of drug-likeness (QED) is 0.837. The van der Waals surface area contributed by atoms with Crippen molar-refractivity contribution in [3.8, 4) is 5.75 Å². The average Bonchev–Trinajstić information content (AvgIpc) is 2.67. The van der Waals surface area contributed by atoms with E-state index in [9.17, 15) is 9.18 Å². The average molecular weight is 342 g/mol. The van der Waals surface area contributed by atoms with Crippen LogP contribution in [-0.2, 0) is 6.61 Å². The Balaban J connectivity index is 1.68. The van der Waals surface area contributed by atoms with E-state index in [0.717, 1.165) is 38.3 Å². The number of halogens is 1. The van der Waals surface area contributed by atoms with Gasteiger partial charge in [0.05, 0.1) is 5.56 Å². The summed E-state index contributed by atoms with van der Waals surface area (Å²) in [4.78, 5) is 17.1. The van der Waals surface area contributed by atoms with Crippen LogP contribution in [-0.4, -0.2) is 48.4 Å². The highest BCUT2D eigenvalue weighted by molar-refractivity contribution is 5.97. The van der Waals surface area contributed by atoms with Crippen LogP contribution >= 0.6 is 0 Å². The Hall–Kier alpha value is -2.40. The van der Waals surface area contributed by atoms with E-state index in [1.54, 1.807) is 24.3 Å². The van der Waals surface area contributed by atoms with Gasteiger partial charge in [0.15, 0.2) is 0 Å². The maximum atomic E-state index is 13.0. The second-order valence-electron chi connectivity index (χ2n) is 6.14. The highest BCUT2D eigenvalue weighted by Gasteiger charge is 2.23. The van der Waals surface area contributed by atoms with Crippen molar-refractivity contribution in [2.75, 3.05) is 32.7 Å². The van der Waals surface area contributed by atoms with Crippen LogP contribution < -0.4 is 4.74 Å². The molecule has 1 saturated heterocycles. The molecule has 0 radical (unpaired) electrons. The zero-order valence-electron chi connectivity index (χ0n) is 14.5. The fraction of sp³-hybridized carbons (Fsp3) is 0.350. The van der Waals surface area contributed by atoms with Crippen molar-refractivity contribution in [3.05, 3.63) is 65.5 Å². The molecular formula is C20H23FN2O2. The number of likely N-dealkylation sites (N-methyl/N-ethyl adjacent to an activating group) is 1. The summed E-state index contributed by atoms with van der Waals surface area (Å²) in [5.74, 6) is 0.297. The molecule has 0 bridgehead atoms. The zero-order valence-corrected chi connectivity index (χ0v) is 14.5. The molecule has 2 aromatic carbocycles. The lowest BCUT2D eigenvalue weighted by molar-refractivity contribution is 0.0639. The highest BCUT2D eigenvalue weighted by atomic mass is 19.1. The lowest BCUT2D eigenvalue weighted by Crippen LogP contribution is -2.48. The minimum atomic E-state index is -0.273. The number of nitrogens with zero attached hydrogens (tertiary/aromatic N) is 2. The van der Waals surface area contributed by atoms with Gasteiger partial charge in [-0.25, -0.2) is 4.39 Å². The van der Waals surface area contributed by atoms with Crippen molar-refractivity contribution in [1.29, 1.82) is 0 Å². The van der Waals surface area contributed by atoms with Gasteiger partial charge in [0.2, 0.25) is 0 Å². The highest BCUT2D eigenvalue weighted by Crippen LogP contribution is 2.22. The second-order valence-corrected chi connectivity index (χ2v) is 6.14. The van der Waals surface area contributed by atoms with Crippen LogP contribution in [0, 0.1) is 5.82 Å². The van der Waals surface area contributed by atoms with Crippen molar-refractivity contribution >= 4 is 5.91 Å². The van der Waals surface area contributed by atoms with Crippen molar-refractivity contribution in [1.82, 2.24) is 9.80 Å². The number of hydrogen-bond acceptors (Lipinski definition) is 3. The predicted octanol–water partition coefficient (Wildman–Crippen LogP) is 3.18. The van der Waals surface area contributed by atoms with Gasteiger partial charge in [-0.05, 0) is 36.4 Å². The number of piperazine rings is 1. The number of carbonyl (C=O) groups excluding carboxylic acids is 1. The fourth-order valence-electron chi connectivity index (χ4n) is 2.95. The van der Waals surface area contributed by atoms with E-state index in [1.807, 2.05) is 17.0 Å². The van der Waals surface area contributed by atoms with Gasteiger partial charge >= 0.3 is 0 Å². The molecular weight excluding hydrogens is 319 g/mol. The third kappa shape index (κ3) is 4.37. The Morgan fingerprint density at radius 1 is 1.04 bits per heavy atom. The molecule has 0 spiro atoms. The Morgan fingerprint density at radius 3 is 2.40 bits per heavy atom. The molecule has 25 heavy (non-hydrogen) atoms. The van der Waals surface area contributed by atoms with E-state index in [2.05, 4.69) is 11.8 Å². The van der Waals surface area contributed by atoms with Crippen molar-refractivity contribution in [2.45, 2.75) is 13.5 Å². The van der Waals surface area contributed by atoms with E-state index < -0.39 is 0 Å². The summed E-state index contributed by atoms with van der Waals surface area (Å²) in [5.41, 5.74) is 1.44. The number of carbonyl (C=O) groups is 1. The number of ether oxygens (including phenoxy) is 1. The maximum absolute atomic E-state index is 13.0. The van der Waals surface area contributed by atoms with Crippen LogP contribution in [0.4, 0.5) is 4.39 Å². The van der Waals surface area contributed by atoms with E-state index in [4.69, 9.17) is 4.74 Å². The van der Waals surface area contributed by atoms with Crippen LogP contribution in [0.25, 0.3) is 0 Å². The van der Waals surface area contributed by atoms with Crippen LogP contribution in [0.1, 0.15) is 22.8 Å². The Bertz CT molecular complexity index is 710. The molecule has 1 heterocycles. The first-order valence-electron chi connectivity index (χ1n) is 8.65. The standard InChI is InChI=1S/C20H23FN2O2/c1-2-22-11-13-23(14-12-22)20(24)18-5-3-4-6-19(18)25-15-16-7-9-17(21)10-8-16/h3-10H,2,11-15H2,1H3. The number of benzene rings is 2. The molecule has 3 rings (SSSR count). The van der Waals surface area contributed by atoms with Crippen LogP contribution in [0.5, 0.6) is 5.75 Å². The predicted molar refractivity (Wildman–Crippen MR) is 95.2 cm³/mol. The molecule has 0 saturated carbocycles. The van der Waals surface area contributed by atoms with Gasteiger partial charge in [-0.15, -0.1) is 0 Å². The summed E-state index contributed by atoms with van der Waals surface area (Å²) < 4.78 is 18.8. The normalized spacial score (nSPS) is 15.2. The van der Waals surface area contributed by atoms with Crippen molar-refractivity contribution in [3.63, 3.8) is 0 Å². The summed E-state index contributed by atoms with van der Waals surface area (Å²) in [6, 6.07) is 13.5. The molecule has 0 N–H and O–H groups in total. The molecule has 1 aliphatic rings. The first-order valence-corrected chi connectivity index (χ1v) is 8.65. The summed E-state index contributed by atoms with van der Waals surface area (Å²) in [6.45, 7) is 6.73. The summed E-state index contributed by atoms with van der Waals surface area (Å²) >= 11 is 0. The molecule has 1 fully saturated rings. The van der Waals surface area contributed by atoms with Gasteiger partial charge in [0, 0.05) is 26.2 Å². The first-order chi connectivity index (χ1) is 12.2. The SMILES string of the molecule is CCN1CCN(C(=O)c2ccccc2OCc2ccc(F)cc2)CC1. The summed E-state index contributed by atoms with van der Waals surface area (Å²) in [5, 5.41) is 0. The van der Waals surface area contributed by atoms with Gasteiger partial charge in [-0.3, -0.25) is 4.79 Å². The number of hydrogen-bond donors (Lipinski definition) is 0. The number of rotatable bonds is 5. The number of para-hydroxylation sites is 1. The van der Waals surface area contributed by atoms with Crippen molar-refractivity contribution < 1.29 is 13.9 Å². The Kier molecular flexibility index (Phi) is 5.66. The van der Waals surface area contributed by atoms with E-state index in [-0.39, 0.29) is 11.7 Å². The van der Waals surface area contributed by atoms with Gasteiger partial charge in [-0.1, -0.05) is 31.2 Å². The Labute approximate surface area is 147 Å². The van der Waals surface area contributed by atoms with Gasteiger partial charge in [-0.2, -0.15) is 0 Å². The van der Waals surface area contributed by atoms with E-state index >= 15 is 0 Å². The molecule has 0 aliphatic carbocycles. The van der Waals surface area contributed by atoms with Crippen molar-refractivity contribution in [2.24, 2.45) is 0 Å². The molecule has 1 amide bonds. The van der Waals surface area contributed by atoms with E-state index in [0.29, 0.717) is 17.9 Å². The zero-order chi connectivity index (χ0) is 17.6. The maximum Gasteiger partial charge on any atom is 0.257 e. The minimum absolute atomic E-state index is 0.00505. The Morgan fingerprint density at radius 2 is 1.72 bits per heavy atom. The van der Waals surface area contributed by atoms with Crippen LogP contribution in [0.3, 0.4) is 0 Å². The largest absolute Gasteiger partial charge is 0.488 e. The molecule has 2 aromatic rings. The smallest absolute Gasteiger partial charge is 0.257 e.